The number of hydrogen-bond donors (Lipinski definition) is 2. The Balaban J connectivity index is 1.38. The summed E-state index contributed by atoms with van der Waals surface area (Å²) in [5, 5.41) is 10.7. The number of thiazole rings is 1. The summed E-state index contributed by atoms with van der Waals surface area (Å²) in [6.07, 6.45) is 1.68. The molecule has 0 aliphatic carbocycles. The number of carbonyl (C=O) groups is 2. The first kappa shape index (κ1) is 20.2. The number of aromatic amines is 1. The predicted octanol–water partition coefficient (Wildman–Crippen LogP) is 4.89. The lowest BCUT2D eigenvalue weighted by Crippen LogP contribution is -2.09. The van der Waals surface area contributed by atoms with Crippen molar-refractivity contribution in [1.82, 2.24) is 19.7 Å². The van der Waals surface area contributed by atoms with Gasteiger partial charge >= 0.3 is 5.97 Å². The molecule has 32 heavy (non-hydrogen) atoms. The van der Waals surface area contributed by atoms with Crippen LogP contribution in [0, 0.1) is 6.92 Å². The molecule has 0 saturated carbocycles. The quantitative estimate of drug-likeness (QED) is 0.362. The van der Waals surface area contributed by atoms with E-state index in [1.807, 2.05) is 53.4 Å². The number of benzene rings is 1. The molecule has 0 saturated heterocycles. The summed E-state index contributed by atoms with van der Waals surface area (Å²) in [5.74, 6) is -0.676. The van der Waals surface area contributed by atoms with Crippen molar-refractivity contribution in [2.24, 2.45) is 0 Å². The van der Waals surface area contributed by atoms with E-state index in [1.165, 1.54) is 29.8 Å². The highest BCUT2D eigenvalue weighted by atomic mass is 32.1. The fourth-order valence-electron chi connectivity index (χ4n) is 3.30. The maximum atomic E-state index is 12.9. The number of fused-ring (bicyclic) bond motifs is 1. The van der Waals surface area contributed by atoms with Gasteiger partial charge in [0.1, 0.15) is 10.5 Å². The molecule has 8 nitrogen and oxygen atoms in total. The van der Waals surface area contributed by atoms with E-state index in [1.54, 1.807) is 12.3 Å². The van der Waals surface area contributed by atoms with Gasteiger partial charge in [-0.3, -0.25) is 10.1 Å². The van der Waals surface area contributed by atoms with Crippen molar-refractivity contribution in [2.45, 2.75) is 6.92 Å². The summed E-state index contributed by atoms with van der Waals surface area (Å²) in [6, 6.07) is 13.4. The second-order valence-electron chi connectivity index (χ2n) is 6.95. The molecule has 0 bridgehead atoms. The van der Waals surface area contributed by atoms with Crippen molar-refractivity contribution in [3.63, 3.8) is 0 Å². The average molecular weight is 464 g/mol. The van der Waals surface area contributed by atoms with Crippen LogP contribution in [0.2, 0.25) is 0 Å². The zero-order chi connectivity index (χ0) is 22.2. The molecule has 0 unspecified atom stereocenters. The van der Waals surface area contributed by atoms with Crippen molar-refractivity contribution in [3.05, 3.63) is 70.3 Å². The van der Waals surface area contributed by atoms with Crippen LogP contribution in [0.1, 0.15) is 25.9 Å². The average Bonchev–Trinajstić information content (AvgIpc) is 3.59. The van der Waals surface area contributed by atoms with Crippen LogP contribution in [0.5, 0.6) is 0 Å². The number of amides is 1. The highest BCUT2D eigenvalue weighted by Crippen LogP contribution is 2.32. The normalized spacial score (nSPS) is 11.1. The van der Waals surface area contributed by atoms with Crippen LogP contribution in [0.15, 0.2) is 54.0 Å². The van der Waals surface area contributed by atoms with Crippen molar-refractivity contribution < 1.29 is 14.3 Å². The molecular weight excluding hydrogens is 446 g/mol. The third kappa shape index (κ3) is 3.59. The summed E-state index contributed by atoms with van der Waals surface area (Å²) >= 11 is 2.70. The Morgan fingerprint density at radius 3 is 2.78 bits per heavy atom. The number of carbonyl (C=O) groups excluding carboxylic acids is 2. The Morgan fingerprint density at radius 2 is 2.00 bits per heavy atom. The zero-order valence-corrected chi connectivity index (χ0v) is 18.7. The molecule has 2 N–H and O–H groups in total. The van der Waals surface area contributed by atoms with Gasteiger partial charge in [-0.05, 0) is 31.2 Å². The van der Waals surface area contributed by atoms with Crippen molar-refractivity contribution in [1.29, 1.82) is 0 Å². The molecule has 0 aliphatic rings. The van der Waals surface area contributed by atoms with Crippen LogP contribution < -0.4 is 5.32 Å². The summed E-state index contributed by atoms with van der Waals surface area (Å²) in [4.78, 5) is 33.3. The van der Waals surface area contributed by atoms with E-state index >= 15 is 0 Å². The topological polar surface area (TPSA) is 102 Å². The smallest absolute Gasteiger partial charge is 0.354 e. The summed E-state index contributed by atoms with van der Waals surface area (Å²) in [7, 11) is 1.33. The number of rotatable bonds is 5. The molecule has 160 valence electrons. The number of methoxy groups -OCH3 is 1. The second-order valence-corrected chi connectivity index (χ2v) is 8.84. The number of nitrogens with zero attached hydrogens (tertiary/aromatic N) is 3. The van der Waals surface area contributed by atoms with Crippen LogP contribution in [-0.4, -0.2) is 38.7 Å². The Bertz CT molecular complexity index is 1440. The van der Waals surface area contributed by atoms with E-state index in [2.05, 4.69) is 20.4 Å². The zero-order valence-electron chi connectivity index (χ0n) is 17.1. The maximum Gasteiger partial charge on any atom is 0.354 e. The lowest BCUT2D eigenvalue weighted by atomic mass is 10.2. The summed E-state index contributed by atoms with van der Waals surface area (Å²) < 4.78 is 6.57. The largest absolute Gasteiger partial charge is 0.464 e. The molecule has 0 aliphatic heterocycles. The number of hydrogen-bond acceptors (Lipinski definition) is 7. The highest BCUT2D eigenvalue weighted by Gasteiger charge is 2.19. The van der Waals surface area contributed by atoms with Gasteiger partial charge in [0.15, 0.2) is 5.13 Å². The highest BCUT2D eigenvalue weighted by molar-refractivity contribution is 7.20. The first-order valence-corrected chi connectivity index (χ1v) is 11.3. The minimum Gasteiger partial charge on any atom is -0.464 e. The molecular formula is C22H17N5O3S2. The third-order valence-electron chi connectivity index (χ3n) is 4.88. The van der Waals surface area contributed by atoms with Gasteiger partial charge in [0, 0.05) is 22.5 Å². The van der Waals surface area contributed by atoms with Gasteiger partial charge in [0.2, 0.25) is 0 Å². The monoisotopic (exact) mass is 463 g/mol. The van der Waals surface area contributed by atoms with Crippen LogP contribution in [-0.2, 0) is 4.74 Å². The van der Waals surface area contributed by atoms with E-state index < -0.39 is 5.97 Å². The minimum absolute atomic E-state index is 0.226. The first-order chi connectivity index (χ1) is 15.5. The Hall–Kier alpha value is -3.76. The summed E-state index contributed by atoms with van der Waals surface area (Å²) in [6.45, 7) is 1.93. The first-order valence-electron chi connectivity index (χ1n) is 9.62. The molecule has 4 heterocycles. The number of para-hydroxylation sites is 1. The number of nitrogens with one attached hydrogen (secondary N) is 2. The van der Waals surface area contributed by atoms with Gasteiger partial charge in [0.05, 0.1) is 29.1 Å². The minimum atomic E-state index is -0.450. The molecule has 5 aromatic rings. The molecule has 0 spiro atoms. The van der Waals surface area contributed by atoms with Crippen LogP contribution in [0.25, 0.3) is 27.2 Å². The van der Waals surface area contributed by atoms with Gasteiger partial charge in [-0.25, -0.2) is 14.5 Å². The Morgan fingerprint density at radius 1 is 1.19 bits per heavy atom. The maximum absolute atomic E-state index is 12.9. The lowest BCUT2D eigenvalue weighted by molar-refractivity contribution is 0.0594. The molecule has 5 rings (SSSR count). The molecule has 1 aromatic carbocycles. The van der Waals surface area contributed by atoms with Gasteiger partial charge in [-0.2, -0.15) is 5.10 Å². The fraction of sp³-hybridized carbons (Fsp3) is 0.0909. The standard InChI is InChI=1S/C22H17N5O3S2/c1-12-15-9-18(32-20(15)27(26-12)14-6-4-3-5-7-14)19(28)25-22-24-17(11-31-22)13-8-16(23-10-13)21(29)30-2/h3-11,23H,1-2H3,(H,24,25,28). The van der Waals surface area contributed by atoms with Crippen LogP contribution in [0.4, 0.5) is 5.13 Å². The van der Waals surface area contributed by atoms with E-state index in [-0.39, 0.29) is 5.91 Å². The molecule has 10 heteroatoms. The lowest BCUT2D eigenvalue weighted by Gasteiger charge is -2.01. The predicted molar refractivity (Wildman–Crippen MR) is 125 cm³/mol. The van der Waals surface area contributed by atoms with E-state index in [0.29, 0.717) is 21.4 Å². The van der Waals surface area contributed by atoms with Crippen molar-refractivity contribution in [2.75, 3.05) is 12.4 Å². The SMILES string of the molecule is COC(=O)c1cc(-c2csc(NC(=O)c3cc4c(C)nn(-c5ccccc5)c4s3)n2)c[nH]1. The number of thiophene rings is 1. The van der Waals surface area contributed by atoms with Crippen LogP contribution >= 0.6 is 22.7 Å². The van der Waals surface area contributed by atoms with E-state index in [0.717, 1.165) is 27.2 Å². The van der Waals surface area contributed by atoms with E-state index in [4.69, 9.17) is 4.74 Å². The van der Waals surface area contributed by atoms with Gasteiger partial charge < -0.3 is 9.72 Å². The number of aromatic nitrogens is 4. The number of anilines is 1. The summed E-state index contributed by atoms with van der Waals surface area (Å²) in [5.41, 5.74) is 3.55. The number of aryl methyl sites for hydroxylation is 1. The van der Waals surface area contributed by atoms with Crippen molar-refractivity contribution >= 4 is 49.9 Å². The van der Waals surface area contributed by atoms with Crippen molar-refractivity contribution in [3.8, 4) is 16.9 Å². The Kier molecular flexibility index (Phi) is 5.08. The number of ether oxygens (including phenoxy) is 1. The van der Waals surface area contributed by atoms with E-state index in [9.17, 15) is 9.59 Å². The number of H-pyrrole nitrogens is 1. The molecule has 0 radical (unpaired) electrons. The molecule has 4 aromatic heterocycles. The molecule has 0 atom stereocenters. The van der Waals surface area contributed by atoms with Crippen LogP contribution in [0.3, 0.4) is 0 Å². The van der Waals surface area contributed by atoms with Gasteiger partial charge in [0.25, 0.3) is 5.91 Å². The second kappa shape index (κ2) is 8.06. The molecule has 0 fully saturated rings. The fourth-order valence-corrected chi connectivity index (χ4v) is 5.09. The van der Waals surface area contributed by atoms with Gasteiger partial charge in [-0.1, -0.05) is 18.2 Å². The third-order valence-corrected chi connectivity index (χ3v) is 6.74. The van der Waals surface area contributed by atoms with Gasteiger partial charge in [-0.15, -0.1) is 22.7 Å². The number of esters is 1. The Labute approximate surface area is 190 Å². The molecule has 1 amide bonds.